The second kappa shape index (κ2) is 4.23. The molecule has 0 aliphatic heterocycles. The van der Waals surface area contributed by atoms with E-state index in [0.29, 0.717) is 10.8 Å². The number of ether oxygens (including phenoxy) is 1. The lowest BCUT2D eigenvalue weighted by Crippen LogP contribution is -2.12. The van der Waals surface area contributed by atoms with Crippen molar-refractivity contribution in [2.45, 2.75) is 33.1 Å². The molecule has 0 spiro atoms. The Kier molecular flexibility index (Phi) is 3.40. The molecular formula is C12H15ClO2. The maximum Gasteiger partial charge on any atom is 0.308 e. The van der Waals surface area contributed by atoms with Crippen molar-refractivity contribution in [3.8, 4) is 5.75 Å². The van der Waals surface area contributed by atoms with E-state index in [-0.39, 0.29) is 11.4 Å². The summed E-state index contributed by atoms with van der Waals surface area (Å²) in [6, 6.07) is 5.32. The number of esters is 1. The van der Waals surface area contributed by atoms with Gasteiger partial charge in [-0.25, -0.2) is 0 Å². The summed E-state index contributed by atoms with van der Waals surface area (Å²) >= 11 is 6.11. The number of hydrogen-bond donors (Lipinski definition) is 0. The van der Waals surface area contributed by atoms with Crippen LogP contribution >= 0.6 is 11.6 Å². The molecule has 2 nitrogen and oxygen atoms in total. The minimum absolute atomic E-state index is 0.00810. The lowest BCUT2D eigenvalue weighted by atomic mass is 9.87. The summed E-state index contributed by atoms with van der Waals surface area (Å²) in [5.74, 6) is 0.148. The molecule has 0 N–H and O–H groups in total. The number of hydrogen-bond acceptors (Lipinski definition) is 2. The molecule has 0 bridgehead atoms. The zero-order chi connectivity index (χ0) is 11.6. The van der Waals surface area contributed by atoms with Crippen molar-refractivity contribution in [1.29, 1.82) is 0 Å². The van der Waals surface area contributed by atoms with Gasteiger partial charge in [-0.15, -0.1) is 0 Å². The van der Waals surface area contributed by atoms with E-state index in [1.54, 1.807) is 12.1 Å². The molecular weight excluding hydrogens is 212 g/mol. The highest BCUT2D eigenvalue weighted by Gasteiger charge is 2.17. The summed E-state index contributed by atoms with van der Waals surface area (Å²) in [4.78, 5) is 10.7. The quantitative estimate of drug-likeness (QED) is 0.541. The molecule has 0 saturated heterocycles. The van der Waals surface area contributed by atoms with E-state index in [1.165, 1.54) is 6.92 Å². The maximum atomic E-state index is 10.7. The zero-order valence-electron chi connectivity index (χ0n) is 9.43. The van der Waals surface area contributed by atoms with Gasteiger partial charge in [-0.1, -0.05) is 38.4 Å². The second-order valence-electron chi connectivity index (χ2n) is 4.49. The molecule has 0 atom stereocenters. The van der Waals surface area contributed by atoms with Gasteiger partial charge in [0.15, 0.2) is 0 Å². The topological polar surface area (TPSA) is 26.3 Å². The Morgan fingerprint density at radius 3 is 2.33 bits per heavy atom. The average molecular weight is 227 g/mol. The van der Waals surface area contributed by atoms with Gasteiger partial charge in [0.25, 0.3) is 0 Å². The van der Waals surface area contributed by atoms with E-state index >= 15 is 0 Å². The fourth-order valence-electron chi connectivity index (χ4n) is 1.33. The monoisotopic (exact) mass is 226 g/mol. The van der Waals surface area contributed by atoms with Crippen LogP contribution in [0.3, 0.4) is 0 Å². The first-order valence-corrected chi connectivity index (χ1v) is 5.17. The lowest BCUT2D eigenvalue weighted by Gasteiger charge is -2.20. The first-order valence-electron chi connectivity index (χ1n) is 4.79. The first kappa shape index (κ1) is 12.1. The summed E-state index contributed by atoms with van der Waals surface area (Å²) in [6.45, 7) is 7.62. The summed E-state index contributed by atoms with van der Waals surface area (Å²) in [5, 5.41) is 0.626. The van der Waals surface area contributed by atoms with Crippen LogP contribution in [0, 0.1) is 0 Å². The Bertz CT molecular complexity index is 378. The van der Waals surface area contributed by atoms with Gasteiger partial charge in [-0.05, 0) is 23.1 Å². The van der Waals surface area contributed by atoms with Gasteiger partial charge in [0.2, 0.25) is 0 Å². The SMILES string of the molecule is CC(=O)Oc1ccc(C(C)(C)C)c(Cl)c1. The van der Waals surface area contributed by atoms with Crippen molar-refractivity contribution in [2.75, 3.05) is 0 Å². The molecule has 1 rings (SSSR count). The van der Waals surface area contributed by atoms with Crippen LogP contribution in [-0.2, 0) is 10.2 Å². The predicted octanol–water partition coefficient (Wildman–Crippen LogP) is 3.56. The van der Waals surface area contributed by atoms with Crippen molar-refractivity contribution in [1.82, 2.24) is 0 Å². The number of benzene rings is 1. The van der Waals surface area contributed by atoms with Crippen LogP contribution in [0.15, 0.2) is 18.2 Å². The van der Waals surface area contributed by atoms with Gasteiger partial charge in [-0.2, -0.15) is 0 Å². The molecule has 0 amide bonds. The van der Waals surface area contributed by atoms with E-state index in [0.717, 1.165) is 5.56 Å². The van der Waals surface area contributed by atoms with E-state index in [4.69, 9.17) is 16.3 Å². The molecule has 0 aliphatic carbocycles. The van der Waals surface area contributed by atoms with Gasteiger partial charge in [0.1, 0.15) is 5.75 Å². The fraction of sp³-hybridized carbons (Fsp3) is 0.417. The Morgan fingerprint density at radius 2 is 1.93 bits per heavy atom. The molecule has 3 heteroatoms. The third-order valence-electron chi connectivity index (χ3n) is 2.01. The molecule has 0 aromatic heterocycles. The minimum Gasteiger partial charge on any atom is -0.427 e. The second-order valence-corrected chi connectivity index (χ2v) is 4.89. The van der Waals surface area contributed by atoms with Gasteiger partial charge in [0.05, 0.1) is 0 Å². The van der Waals surface area contributed by atoms with Crippen molar-refractivity contribution in [2.24, 2.45) is 0 Å². The normalized spacial score (nSPS) is 11.3. The number of carbonyl (C=O) groups is 1. The Balaban J connectivity index is 3.04. The third kappa shape index (κ3) is 3.24. The van der Waals surface area contributed by atoms with Crippen LogP contribution in [0.5, 0.6) is 5.75 Å². The lowest BCUT2D eigenvalue weighted by molar-refractivity contribution is -0.131. The molecule has 15 heavy (non-hydrogen) atoms. The highest BCUT2D eigenvalue weighted by Crippen LogP contribution is 2.31. The summed E-state index contributed by atoms with van der Waals surface area (Å²) in [6.07, 6.45) is 0. The van der Waals surface area contributed by atoms with Crippen LogP contribution < -0.4 is 4.74 Å². The van der Waals surface area contributed by atoms with Gasteiger partial charge in [-0.3, -0.25) is 4.79 Å². The highest BCUT2D eigenvalue weighted by molar-refractivity contribution is 6.31. The van der Waals surface area contributed by atoms with Crippen LogP contribution in [-0.4, -0.2) is 5.97 Å². The van der Waals surface area contributed by atoms with Crippen molar-refractivity contribution >= 4 is 17.6 Å². The largest absolute Gasteiger partial charge is 0.427 e. The Morgan fingerprint density at radius 1 is 1.33 bits per heavy atom. The van der Waals surface area contributed by atoms with E-state index in [2.05, 4.69) is 20.8 Å². The van der Waals surface area contributed by atoms with Gasteiger partial charge < -0.3 is 4.74 Å². The molecule has 1 aromatic carbocycles. The number of carbonyl (C=O) groups excluding carboxylic acids is 1. The molecule has 0 aliphatic rings. The number of halogens is 1. The standard InChI is InChI=1S/C12H15ClO2/c1-8(14)15-9-5-6-10(11(13)7-9)12(2,3)4/h5-7H,1-4H3. The third-order valence-corrected chi connectivity index (χ3v) is 2.32. The van der Waals surface area contributed by atoms with E-state index < -0.39 is 0 Å². The summed E-state index contributed by atoms with van der Waals surface area (Å²) in [7, 11) is 0. The Labute approximate surface area is 95.2 Å². The van der Waals surface area contributed by atoms with Gasteiger partial charge in [0, 0.05) is 11.9 Å². The van der Waals surface area contributed by atoms with Crippen molar-refractivity contribution in [3.05, 3.63) is 28.8 Å². The molecule has 0 heterocycles. The van der Waals surface area contributed by atoms with Crippen LogP contribution in [0.25, 0.3) is 0 Å². The number of rotatable bonds is 1. The Hall–Kier alpha value is -1.02. The minimum atomic E-state index is -0.338. The molecule has 0 unspecified atom stereocenters. The van der Waals surface area contributed by atoms with Crippen LogP contribution in [0.4, 0.5) is 0 Å². The molecule has 1 aromatic rings. The smallest absolute Gasteiger partial charge is 0.308 e. The van der Waals surface area contributed by atoms with Gasteiger partial charge >= 0.3 is 5.97 Å². The van der Waals surface area contributed by atoms with Crippen LogP contribution in [0.1, 0.15) is 33.3 Å². The van der Waals surface area contributed by atoms with E-state index in [9.17, 15) is 4.79 Å². The zero-order valence-corrected chi connectivity index (χ0v) is 10.2. The molecule has 82 valence electrons. The average Bonchev–Trinajstić information content (AvgIpc) is 1.99. The highest BCUT2D eigenvalue weighted by atomic mass is 35.5. The predicted molar refractivity (Wildman–Crippen MR) is 61.5 cm³/mol. The van der Waals surface area contributed by atoms with Crippen molar-refractivity contribution in [3.63, 3.8) is 0 Å². The van der Waals surface area contributed by atoms with Crippen LogP contribution in [0.2, 0.25) is 5.02 Å². The van der Waals surface area contributed by atoms with E-state index in [1.807, 2.05) is 6.07 Å². The maximum absolute atomic E-state index is 10.7. The molecule has 0 saturated carbocycles. The molecule has 0 fully saturated rings. The summed E-state index contributed by atoms with van der Waals surface area (Å²) in [5.41, 5.74) is 1.03. The van der Waals surface area contributed by atoms with Crippen molar-refractivity contribution < 1.29 is 9.53 Å². The molecule has 0 radical (unpaired) electrons. The fourth-order valence-corrected chi connectivity index (χ4v) is 1.79. The first-order chi connectivity index (χ1) is 6.80. The summed E-state index contributed by atoms with van der Waals surface area (Å²) < 4.78 is 4.94.